The van der Waals surface area contributed by atoms with Gasteiger partial charge < -0.3 is 10.8 Å². The van der Waals surface area contributed by atoms with Crippen LogP contribution in [0, 0.1) is 11.8 Å². The Hall–Kier alpha value is -2.21. The van der Waals surface area contributed by atoms with E-state index in [0.717, 1.165) is 18.7 Å². The molecule has 1 unspecified atom stereocenters. The number of nitrogens with two attached hydrogens (primary N) is 1. The molecule has 0 amide bonds. The molecule has 0 spiro atoms. The van der Waals surface area contributed by atoms with E-state index < -0.39 is 11.4 Å². The lowest BCUT2D eigenvalue weighted by Crippen LogP contribution is -2.25. The highest BCUT2D eigenvalue weighted by Crippen LogP contribution is 2.57. The summed E-state index contributed by atoms with van der Waals surface area (Å²) < 4.78 is 1.77. The molecule has 2 aromatic heterocycles. The summed E-state index contributed by atoms with van der Waals surface area (Å²) in [6.45, 7) is 2.70. The smallest absolute Gasteiger partial charge is 0.316 e. The Morgan fingerprint density at radius 2 is 2.35 bits per heavy atom. The van der Waals surface area contributed by atoms with Crippen molar-refractivity contribution in [3.8, 4) is 5.82 Å². The van der Waals surface area contributed by atoms with Crippen molar-refractivity contribution in [3.05, 3.63) is 42.6 Å². The van der Waals surface area contributed by atoms with E-state index in [0.29, 0.717) is 24.6 Å². The Kier molecular flexibility index (Phi) is 4.17. The molecule has 0 aliphatic heterocycles. The highest BCUT2D eigenvalue weighted by Gasteiger charge is 2.63. The lowest BCUT2D eigenvalue weighted by molar-refractivity contribution is -0.140. The molecule has 1 aliphatic rings. The number of pyridine rings is 1. The van der Waals surface area contributed by atoms with Gasteiger partial charge in [0.15, 0.2) is 0 Å². The number of aliphatic carboxylic acids is 1. The Bertz CT molecular complexity index is 681. The van der Waals surface area contributed by atoms with Crippen LogP contribution >= 0.6 is 0 Å². The van der Waals surface area contributed by atoms with Crippen LogP contribution in [0.5, 0.6) is 0 Å². The second-order valence-electron chi connectivity index (χ2n) is 6.28. The minimum Gasteiger partial charge on any atom is -0.481 e. The zero-order chi connectivity index (χ0) is 16.4. The number of imidazole rings is 1. The maximum absolute atomic E-state index is 11.9. The minimum absolute atomic E-state index is 0.112. The van der Waals surface area contributed by atoms with Gasteiger partial charge in [0, 0.05) is 12.4 Å². The molecule has 2 aromatic rings. The van der Waals surface area contributed by atoms with Crippen LogP contribution in [0.2, 0.25) is 0 Å². The van der Waals surface area contributed by atoms with Crippen molar-refractivity contribution in [2.45, 2.75) is 31.6 Å². The molecule has 0 radical (unpaired) electrons. The molecule has 122 valence electrons. The van der Waals surface area contributed by atoms with Crippen LogP contribution in [0.3, 0.4) is 0 Å². The van der Waals surface area contributed by atoms with Gasteiger partial charge in [0.1, 0.15) is 17.6 Å². The molecular weight excluding hydrogens is 292 g/mol. The fourth-order valence-corrected chi connectivity index (χ4v) is 3.32. The van der Waals surface area contributed by atoms with Crippen molar-refractivity contribution in [2.75, 3.05) is 6.54 Å². The van der Waals surface area contributed by atoms with Crippen molar-refractivity contribution < 1.29 is 9.90 Å². The summed E-state index contributed by atoms with van der Waals surface area (Å²) in [7, 11) is 0. The Morgan fingerprint density at radius 3 is 2.96 bits per heavy atom. The second-order valence-corrected chi connectivity index (χ2v) is 6.28. The molecule has 6 heteroatoms. The van der Waals surface area contributed by atoms with Crippen molar-refractivity contribution in [1.29, 1.82) is 0 Å². The van der Waals surface area contributed by atoms with Gasteiger partial charge in [-0.2, -0.15) is 0 Å². The number of aromatic nitrogens is 3. The fourth-order valence-electron chi connectivity index (χ4n) is 3.32. The molecule has 1 aliphatic carbocycles. The summed E-state index contributed by atoms with van der Waals surface area (Å²) in [6, 6.07) is 5.60. The van der Waals surface area contributed by atoms with Crippen LogP contribution in [-0.4, -0.2) is 32.2 Å². The zero-order valence-electron chi connectivity index (χ0n) is 13.2. The summed E-state index contributed by atoms with van der Waals surface area (Å²) >= 11 is 0. The van der Waals surface area contributed by atoms with Gasteiger partial charge in [-0.3, -0.25) is 9.36 Å². The van der Waals surface area contributed by atoms with Crippen LogP contribution in [0.4, 0.5) is 0 Å². The first-order valence-electron chi connectivity index (χ1n) is 8.01. The molecule has 0 aromatic carbocycles. The summed E-state index contributed by atoms with van der Waals surface area (Å²) in [5.41, 5.74) is 5.53. The molecule has 6 nitrogen and oxygen atoms in total. The summed E-state index contributed by atoms with van der Waals surface area (Å²) in [4.78, 5) is 20.5. The third-order valence-corrected chi connectivity index (χ3v) is 4.97. The SMILES string of the molecule is CC[C@@H](CN)CC1C[C@]1(C(=O)O)c1cn(-c2ccccn2)cn1. The molecule has 3 atom stereocenters. The Balaban J connectivity index is 1.84. The number of nitrogens with zero attached hydrogens (tertiary/aromatic N) is 3. The highest BCUT2D eigenvalue weighted by molar-refractivity contribution is 5.85. The second kappa shape index (κ2) is 6.12. The molecule has 2 heterocycles. The zero-order valence-corrected chi connectivity index (χ0v) is 13.2. The maximum Gasteiger partial charge on any atom is 0.316 e. The predicted molar refractivity (Wildman–Crippen MR) is 86.2 cm³/mol. The van der Waals surface area contributed by atoms with Gasteiger partial charge in [-0.05, 0) is 43.4 Å². The molecule has 1 fully saturated rings. The van der Waals surface area contributed by atoms with Crippen LogP contribution in [0.15, 0.2) is 36.9 Å². The van der Waals surface area contributed by atoms with Gasteiger partial charge in [-0.15, -0.1) is 0 Å². The first kappa shape index (κ1) is 15.7. The van der Waals surface area contributed by atoms with E-state index in [-0.39, 0.29) is 5.92 Å². The standard InChI is InChI=1S/C17H22N4O2/c1-2-12(9-18)7-13-8-17(13,16(22)23)14-10-21(11-20-14)15-5-3-4-6-19-15/h3-6,10-13H,2,7-9,18H2,1H3,(H,22,23)/t12-,13?,17-/m1/s1. The molecule has 23 heavy (non-hydrogen) atoms. The lowest BCUT2D eigenvalue weighted by Gasteiger charge is -2.14. The van der Waals surface area contributed by atoms with Crippen molar-refractivity contribution >= 4 is 5.97 Å². The number of carbonyl (C=O) groups is 1. The van der Waals surface area contributed by atoms with E-state index in [2.05, 4.69) is 16.9 Å². The van der Waals surface area contributed by atoms with Crippen molar-refractivity contribution in [3.63, 3.8) is 0 Å². The quantitative estimate of drug-likeness (QED) is 0.815. The van der Waals surface area contributed by atoms with Gasteiger partial charge in [-0.25, -0.2) is 9.97 Å². The molecule has 3 N–H and O–H groups in total. The molecule has 3 rings (SSSR count). The number of hydrogen-bond acceptors (Lipinski definition) is 4. The first-order chi connectivity index (χ1) is 11.1. The van der Waals surface area contributed by atoms with E-state index in [1.807, 2.05) is 18.2 Å². The van der Waals surface area contributed by atoms with Crippen LogP contribution in [0.25, 0.3) is 5.82 Å². The predicted octanol–water partition coefficient (Wildman–Crippen LogP) is 1.98. The summed E-state index contributed by atoms with van der Waals surface area (Å²) in [5, 5.41) is 9.77. The molecule has 1 saturated carbocycles. The number of carboxylic acid groups (broad SMARTS) is 1. The van der Waals surface area contributed by atoms with E-state index >= 15 is 0 Å². The van der Waals surface area contributed by atoms with Gasteiger partial charge in [0.2, 0.25) is 0 Å². The molecule has 0 saturated heterocycles. The third-order valence-electron chi connectivity index (χ3n) is 4.97. The van der Waals surface area contributed by atoms with Crippen molar-refractivity contribution in [1.82, 2.24) is 14.5 Å². The van der Waals surface area contributed by atoms with E-state index in [9.17, 15) is 9.90 Å². The monoisotopic (exact) mass is 314 g/mol. The fraction of sp³-hybridized carbons (Fsp3) is 0.471. The number of carboxylic acids is 1. The average Bonchev–Trinajstić information content (AvgIpc) is 3.09. The molecule has 0 bridgehead atoms. The van der Waals surface area contributed by atoms with Gasteiger partial charge in [0.05, 0.1) is 5.69 Å². The first-order valence-corrected chi connectivity index (χ1v) is 8.01. The molecular formula is C17H22N4O2. The van der Waals surface area contributed by atoms with Gasteiger partial charge in [0.25, 0.3) is 0 Å². The van der Waals surface area contributed by atoms with Gasteiger partial charge >= 0.3 is 5.97 Å². The Morgan fingerprint density at radius 1 is 1.52 bits per heavy atom. The van der Waals surface area contributed by atoms with Crippen LogP contribution in [-0.2, 0) is 10.2 Å². The summed E-state index contributed by atoms with van der Waals surface area (Å²) in [5.74, 6) is 0.428. The highest BCUT2D eigenvalue weighted by atomic mass is 16.4. The van der Waals surface area contributed by atoms with Crippen LogP contribution in [0.1, 0.15) is 31.9 Å². The minimum atomic E-state index is -0.859. The lowest BCUT2D eigenvalue weighted by atomic mass is 9.92. The summed E-state index contributed by atoms with van der Waals surface area (Å²) in [6.07, 6.45) is 7.59. The van der Waals surface area contributed by atoms with Gasteiger partial charge in [-0.1, -0.05) is 19.4 Å². The normalized spacial score (nSPS) is 24.3. The topological polar surface area (TPSA) is 94.0 Å². The number of hydrogen-bond donors (Lipinski definition) is 2. The average molecular weight is 314 g/mol. The van der Waals surface area contributed by atoms with E-state index in [4.69, 9.17) is 5.73 Å². The third kappa shape index (κ3) is 2.74. The van der Waals surface area contributed by atoms with Crippen molar-refractivity contribution in [2.24, 2.45) is 17.6 Å². The Labute approximate surface area is 135 Å². The number of rotatable bonds is 7. The maximum atomic E-state index is 11.9. The largest absolute Gasteiger partial charge is 0.481 e. The van der Waals surface area contributed by atoms with E-state index in [1.165, 1.54) is 0 Å². The van der Waals surface area contributed by atoms with E-state index in [1.54, 1.807) is 23.3 Å². The van der Waals surface area contributed by atoms with Crippen LogP contribution < -0.4 is 5.73 Å².